The van der Waals surface area contributed by atoms with Gasteiger partial charge in [0, 0.05) is 13.1 Å². The van der Waals surface area contributed by atoms with Gasteiger partial charge in [-0.3, -0.25) is 0 Å². The maximum atomic E-state index is 9.18. The fraction of sp³-hybridized carbons (Fsp3) is 0.500. The second-order valence-corrected chi connectivity index (χ2v) is 3.71. The van der Waals surface area contributed by atoms with Gasteiger partial charge in [-0.2, -0.15) is 15.6 Å². The Morgan fingerprint density at radius 2 is 1.94 bits per heavy atom. The second-order valence-electron chi connectivity index (χ2n) is 3.71. The van der Waals surface area contributed by atoms with E-state index in [0.717, 1.165) is 11.3 Å². The first-order valence-corrected chi connectivity index (χ1v) is 5.51. The smallest absolute Gasteiger partial charge is 0.169 e. The van der Waals surface area contributed by atoms with Gasteiger partial charge in [0.15, 0.2) is 5.82 Å². The average molecular weight is 229 g/mol. The van der Waals surface area contributed by atoms with Crippen LogP contribution in [0.4, 0.5) is 5.82 Å². The summed E-state index contributed by atoms with van der Waals surface area (Å²) >= 11 is 0. The number of anilines is 1. The normalized spacial score (nSPS) is 9.47. The lowest BCUT2D eigenvalue weighted by Gasteiger charge is -2.21. The Hall–Kier alpha value is -2.14. The summed E-state index contributed by atoms with van der Waals surface area (Å²) in [5.41, 5.74) is 2.17. The molecular weight excluding hydrogens is 214 g/mol. The first kappa shape index (κ1) is 12.9. The molecule has 1 rings (SSSR count). The molecule has 0 atom stereocenters. The quantitative estimate of drug-likeness (QED) is 0.785. The molecule has 0 unspecified atom stereocenters. The number of nitriles is 2. The third-order valence-electron chi connectivity index (χ3n) is 2.72. The minimum atomic E-state index is 0.410. The van der Waals surface area contributed by atoms with E-state index in [9.17, 15) is 5.26 Å². The molecule has 17 heavy (non-hydrogen) atoms. The van der Waals surface area contributed by atoms with E-state index < -0.39 is 0 Å². The highest BCUT2D eigenvalue weighted by atomic mass is 15.3. The van der Waals surface area contributed by atoms with Gasteiger partial charge in [0.1, 0.15) is 11.6 Å². The van der Waals surface area contributed by atoms with Crippen molar-refractivity contribution in [2.45, 2.75) is 27.2 Å². The van der Waals surface area contributed by atoms with Crippen molar-refractivity contribution in [2.24, 2.45) is 0 Å². The maximum Gasteiger partial charge on any atom is 0.169 e. The predicted molar refractivity (Wildman–Crippen MR) is 64.3 cm³/mol. The molecule has 0 aliphatic carbocycles. The zero-order valence-electron chi connectivity index (χ0n) is 10.4. The molecule has 88 valence electrons. The number of hydrogen-bond acceptors (Lipinski definition) is 5. The standard InChI is InChI=1S/C12H15N5/c1-4-17(7-5-6-13)12-11(8-14)9(2)10(3)15-16-12/h4-5,7H2,1-3H3. The van der Waals surface area contributed by atoms with Gasteiger partial charge in [0.05, 0.1) is 18.2 Å². The second kappa shape index (κ2) is 5.81. The summed E-state index contributed by atoms with van der Waals surface area (Å²) in [7, 11) is 0. The van der Waals surface area contributed by atoms with Gasteiger partial charge < -0.3 is 4.90 Å². The zero-order chi connectivity index (χ0) is 12.8. The molecule has 0 aliphatic heterocycles. The van der Waals surface area contributed by atoms with Crippen LogP contribution in [0.3, 0.4) is 0 Å². The highest BCUT2D eigenvalue weighted by molar-refractivity contribution is 5.57. The molecule has 0 saturated heterocycles. The Balaban J connectivity index is 3.17. The van der Waals surface area contributed by atoms with Gasteiger partial charge >= 0.3 is 0 Å². The third kappa shape index (κ3) is 2.70. The molecule has 0 bridgehead atoms. The molecule has 1 aromatic rings. The van der Waals surface area contributed by atoms with Crippen LogP contribution in [0.25, 0.3) is 0 Å². The predicted octanol–water partition coefficient (Wildman–Crippen LogP) is 1.71. The van der Waals surface area contributed by atoms with Crippen molar-refractivity contribution in [2.75, 3.05) is 18.0 Å². The van der Waals surface area contributed by atoms with Gasteiger partial charge in [0.25, 0.3) is 0 Å². The van der Waals surface area contributed by atoms with E-state index in [1.807, 2.05) is 25.7 Å². The van der Waals surface area contributed by atoms with Crippen molar-refractivity contribution >= 4 is 5.82 Å². The van der Waals surface area contributed by atoms with Crippen molar-refractivity contribution in [3.8, 4) is 12.1 Å². The minimum absolute atomic E-state index is 0.410. The number of aryl methyl sites for hydroxylation is 1. The summed E-state index contributed by atoms with van der Waals surface area (Å²) < 4.78 is 0. The Morgan fingerprint density at radius 1 is 1.24 bits per heavy atom. The monoisotopic (exact) mass is 229 g/mol. The van der Waals surface area contributed by atoms with Crippen LogP contribution in [0, 0.1) is 36.5 Å². The molecule has 1 aromatic heterocycles. The molecule has 0 fully saturated rings. The van der Waals surface area contributed by atoms with Gasteiger partial charge in [-0.05, 0) is 26.3 Å². The molecule has 0 aliphatic rings. The molecule has 5 nitrogen and oxygen atoms in total. The summed E-state index contributed by atoms with van der Waals surface area (Å²) in [5.74, 6) is 0.577. The Kier molecular flexibility index (Phi) is 4.42. The van der Waals surface area contributed by atoms with E-state index >= 15 is 0 Å². The van der Waals surface area contributed by atoms with Crippen LogP contribution < -0.4 is 4.90 Å². The van der Waals surface area contributed by atoms with Crippen molar-refractivity contribution < 1.29 is 0 Å². The van der Waals surface area contributed by atoms with E-state index in [2.05, 4.69) is 22.3 Å². The van der Waals surface area contributed by atoms with Gasteiger partial charge in [-0.15, -0.1) is 5.10 Å². The lowest BCUT2D eigenvalue weighted by molar-refractivity contribution is 0.785. The molecule has 0 N–H and O–H groups in total. The largest absolute Gasteiger partial charge is 0.353 e. The molecule has 0 amide bonds. The molecule has 1 heterocycles. The van der Waals surface area contributed by atoms with Crippen LogP contribution in [0.5, 0.6) is 0 Å². The first-order valence-electron chi connectivity index (χ1n) is 5.51. The molecule has 0 aromatic carbocycles. The zero-order valence-corrected chi connectivity index (χ0v) is 10.4. The van der Waals surface area contributed by atoms with Crippen LogP contribution in [-0.4, -0.2) is 23.3 Å². The van der Waals surface area contributed by atoms with Crippen LogP contribution >= 0.6 is 0 Å². The van der Waals surface area contributed by atoms with Crippen LogP contribution in [0.15, 0.2) is 0 Å². The summed E-state index contributed by atoms with van der Waals surface area (Å²) in [6, 6.07) is 4.26. The van der Waals surface area contributed by atoms with E-state index in [1.54, 1.807) is 0 Å². The van der Waals surface area contributed by atoms with E-state index in [-0.39, 0.29) is 0 Å². The average Bonchev–Trinajstić information content (AvgIpc) is 2.34. The van der Waals surface area contributed by atoms with Gasteiger partial charge in [-0.25, -0.2) is 0 Å². The highest BCUT2D eigenvalue weighted by Crippen LogP contribution is 2.21. The van der Waals surface area contributed by atoms with Crippen molar-refractivity contribution in [1.29, 1.82) is 10.5 Å². The number of nitrogens with zero attached hydrogens (tertiary/aromatic N) is 5. The fourth-order valence-corrected chi connectivity index (χ4v) is 1.55. The summed E-state index contributed by atoms with van der Waals surface area (Å²) in [5, 5.41) is 25.9. The third-order valence-corrected chi connectivity index (χ3v) is 2.72. The van der Waals surface area contributed by atoms with Crippen molar-refractivity contribution in [1.82, 2.24) is 10.2 Å². The van der Waals surface area contributed by atoms with Gasteiger partial charge in [0.2, 0.25) is 0 Å². The topological polar surface area (TPSA) is 76.6 Å². The number of aromatic nitrogens is 2. The lowest BCUT2D eigenvalue weighted by atomic mass is 10.1. The molecular formula is C12H15N5. The SMILES string of the molecule is CCN(CCC#N)c1nnc(C)c(C)c1C#N. The fourth-order valence-electron chi connectivity index (χ4n) is 1.55. The minimum Gasteiger partial charge on any atom is -0.353 e. The van der Waals surface area contributed by atoms with Crippen LogP contribution in [0.2, 0.25) is 0 Å². The summed E-state index contributed by atoms with van der Waals surface area (Å²) in [4.78, 5) is 1.90. The molecule has 0 spiro atoms. The Bertz CT molecular complexity index is 481. The lowest BCUT2D eigenvalue weighted by Crippen LogP contribution is -2.26. The van der Waals surface area contributed by atoms with E-state index in [0.29, 0.717) is 30.9 Å². The van der Waals surface area contributed by atoms with Gasteiger partial charge in [-0.1, -0.05) is 0 Å². The van der Waals surface area contributed by atoms with Crippen molar-refractivity contribution in [3.63, 3.8) is 0 Å². The highest BCUT2D eigenvalue weighted by Gasteiger charge is 2.15. The number of hydrogen-bond donors (Lipinski definition) is 0. The van der Waals surface area contributed by atoms with Crippen LogP contribution in [-0.2, 0) is 0 Å². The maximum absolute atomic E-state index is 9.18. The van der Waals surface area contributed by atoms with E-state index in [4.69, 9.17) is 5.26 Å². The number of rotatable bonds is 4. The summed E-state index contributed by atoms with van der Waals surface area (Å²) in [6.45, 7) is 6.94. The van der Waals surface area contributed by atoms with E-state index in [1.165, 1.54) is 0 Å². The Labute approximate surface area is 101 Å². The molecule has 0 radical (unpaired) electrons. The molecule has 0 saturated carbocycles. The Morgan fingerprint density at radius 3 is 2.47 bits per heavy atom. The summed E-state index contributed by atoms with van der Waals surface area (Å²) in [6.07, 6.45) is 0.410. The molecule has 5 heteroatoms. The van der Waals surface area contributed by atoms with Crippen LogP contribution in [0.1, 0.15) is 30.2 Å². The first-order chi connectivity index (χ1) is 8.15. The van der Waals surface area contributed by atoms with Crippen molar-refractivity contribution in [3.05, 3.63) is 16.8 Å².